The van der Waals surface area contributed by atoms with Gasteiger partial charge in [-0.2, -0.15) is 0 Å². The second-order valence-corrected chi connectivity index (χ2v) is 4.12. The molecular weight excluding hydrogens is 276 g/mol. The van der Waals surface area contributed by atoms with Crippen molar-refractivity contribution < 1.29 is 23.8 Å². The Labute approximate surface area is 118 Å². The minimum Gasteiger partial charge on any atom is -0.469 e. The topological polar surface area (TPSA) is 91.1 Å². The standard InChI is InChI=1S/C11H20N2O5.ClH/c1-16-7-9(12)11(15)13-3-4-18-8(6-13)5-10(14)17-2;/h8-9H,3-7,12H2,1-2H3;1H. The van der Waals surface area contributed by atoms with Crippen molar-refractivity contribution in [2.24, 2.45) is 5.73 Å². The van der Waals surface area contributed by atoms with Gasteiger partial charge in [0.05, 0.1) is 32.8 Å². The fraction of sp³-hybridized carbons (Fsp3) is 0.818. The normalized spacial score (nSPS) is 20.4. The molecule has 0 spiro atoms. The Bertz CT molecular complexity index is 303. The van der Waals surface area contributed by atoms with E-state index in [1.807, 2.05) is 0 Å². The van der Waals surface area contributed by atoms with E-state index in [9.17, 15) is 9.59 Å². The molecule has 1 amide bonds. The van der Waals surface area contributed by atoms with Gasteiger partial charge in [0.1, 0.15) is 6.04 Å². The van der Waals surface area contributed by atoms with Crippen LogP contribution in [-0.2, 0) is 23.8 Å². The molecule has 1 saturated heterocycles. The minimum absolute atomic E-state index is 0. The van der Waals surface area contributed by atoms with Gasteiger partial charge in [-0.25, -0.2) is 0 Å². The van der Waals surface area contributed by atoms with E-state index in [1.165, 1.54) is 14.2 Å². The predicted molar refractivity (Wildman–Crippen MR) is 70.1 cm³/mol. The van der Waals surface area contributed by atoms with Crippen molar-refractivity contribution in [1.82, 2.24) is 4.90 Å². The fourth-order valence-electron chi connectivity index (χ4n) is 1.80. The molecule has 1 heterocycles. The van der Waals surface area contributed by atoms with Crippen LogP contribution in [0.3, 0.4) is 0 Å². The molecular formula is C11H21ClN2O5. The number of carbonyl (C=O) groups excluding carboxylic acids is 2. The molecule has 0 aromatic rings. The first kappa shape index (κ1) is 18.1. The Morgan fingerprint density at radius 3 is 2.74 bits per heavy atom. The molecule has 7 nitrogen and oxygen atoms in total. The number of hydrogen-bond donors (Lipinski definition) is 1. The molecule has 0 radical (unpaired) electrons. The number of halogens is 1. The summed E-state index contributed by atoms with van der Waals surface area (Å²) in [7, 11) is 2.81. The quantitative estimate of drug-likeness (QED) is 0.666. The van der Waals surface area contributed by atoms with Crippen LogP contribution in [-0.4, -0.2) is 69.4 Å². The summed E-state index contributed by atoms with van der Waals surface area (Å²) in [6, 6.07) is -0.674. The van der Waals surface area contributed by atoms with Gasteiger partial charge in [0.2, 0.25) is 5.91 Å². The summed E-state index contributed by atoms with van der Waals surface area (Å²) in [6.45, 7) is 1.41. The fourth-order valence-corrected chi connectivity index (χ4v) is 1.80. The second kappa shape index (κ2) is 9.08. The number of amides is 1. The number of nitrogens with zero attached hydrogens (tertiary/aromatic N) is 1. The maximum atomic E-state index is 11.9. The third-order valence-corrected chi connectivity index (χ3v) is 2.74. The minimum atomic E-state index is -0.674. The van der Waals surface area contributed by atoms with E-state index in [4.69, 9.17) is 15.2 Å². The molecule has 1 rings (SSSR count). The van der Waals surface area contributed by atoms with Gasteiger partial charge < -0.3 is 24.8 Å². The molecule has 0 aliphatic carbocycles. The van der Waals surface area contributed by atoms with Gasteiger partial charge >= 0.3 is 5.97 Å². The molecule has 2 N–H and O–H groups in total. The molecule has 112 valence electrons. The molecule has 1 fully saturated rings. The molecule has 8 heteroatoms. The lowest BCUT2D eigenvalue weighted by Crippen LogP contribution is -2.52. The van der Waals surface area contributed by atoms with Gasteiger partial charge in [0.25, 0.3) is 0 Å². The largest absolute Gasteiger partial charge is 0.469 e. The lowest BCUT2D eigenvalue weighted by Gasteiger charge is -2.33. The average molecular weight is 297 g/mol. The third kappa shape index (κ3) is 5.73. The number of hydrogen-bond acceptors (Lipinski definition) is 6. The monoisotopic (exact) mass is 296 g/mol. The SMILES string of the molecule is COCC(N)C(=O)N1CCOC(CC(=O)OC)C1.Cl. The molecule has 0 bridgehead atoms. The maximum Gasteiger partial charge on any atom is 0.308 e. The van der Waals surface area contributed by atoms with Crippen molar-refractivity contribution in [2.45, 2.75) is 18.6 Å². The molecule has 0 aromatic heterocycles. The Hall–Kier alpha value is -0.890. The van der Waals surface area contributed by atoms with Gasteiger partial charge in [0.15, 0.2) is 0 Å². The van der Waals surface area contributed by atoms with Crippen molar-refractivity contribution >= 4 is 24.3 Å². The number of methoxy groups -OCH3 is 2. The van der Waals surface area contributed by atoms with Crippen LogP contribution in [0.15, 0.2) is 0 Å². The van der Waals surface area contributed by atoms with E-state index in [2.05, 4.69) is 4.74 Å². The molecule has 19 heavy (non-hydrogen) atoms. The van der Waals surface area contributed by atoms with Crippen LogP contribution in [0.2, 0.25) is 0 Å². The summed E-state index contributed by atoms with van der Waals surface area (Å²) in [4.78, 5) is 24.7. The highest BCUT2D eigenvalue weighted by atomic mass is 35.5. The highest BCUT2D eigenvalue weighted by Crippen LogP contribution is 2.10. The van der Waals surface area contributed by atoms with Crippen LogP contribution in [0, 0.1) is 0 Å². The average Bonchev–Trinajstić information content (AvgIpc) is 2.38. The van der Waals surface area contributed by atoms with Crippen LogP contribution in [0.25, 0.3) is 0 Å². The number of rotatable bonds is 5. The summed E-state index contributed by atoms with van der Waals surface area (Å²) in [5, 5.41) is 0. The Morgan fingerprint density at radius 1 is 1.47 bits per heavy atom. The molecule has 1 aliphatic rings. The molecule has 2 unspecified atom stereocenters. The van der Waals surface area contributed by atoms with Gasteiger partial charge in [-0.05, 0) is 0 Å². The highest BCUT2D eigenvalue weighted by molar-refractivity contribution is 5.85. The molecule has 0 saturated carbocycles. The van der Waals surface area contributed by atoms with Crippen LogP contribution in [0.5, 0.6) is 0 Å². The Balaban J connectivity index is 0.00000324. The number of morpholine rings is 1. The summed E-state index contributed by atoms with van der Waals surface area (Å²) < 4.78 is 14.8. The maximum absolute atomic E-state index is 11.9. The third-order valence-electron chi connectivity index (χ3n) is 2.74. The summed E-state index contributed by atoms with van der Waals surface area (Å²) in [5.74, 6) is -0.537. The number of nitrogens with two attached hydrogens (primary N) is 1. The number of esters is 1. The predicted octanol–water partition coefficient (Wildman–Crippen LogP) is -0.828. The molecule has 0 aromatic carbocycles. The van der Waals surface area contributed by atoms with Crippen molar-refractivity contribution in [2.75, 3.05) is 40.5 Å². The van der Waals surface area contributed by atoms with E-state index in [1.54, 1.807) is 4.90 Å². The van der Waals surface area contributed by atoms with Crippen molar-refractivity contribution in [3.05, 3.63) is 0 Å². The van der Waals surface area contributed by atoms with Crippen LogP contribution in [0.1, 0.15) is 6.42 Å². The Kier molecular flexibility index (Phi) is 8.66. The van der Waals surface area contributed by atoms with Gasteiger partial charge in [0, 0.05) is 20.2 Å². The second-order valence-electron chi connectivity index (χ2n) is 4.12. The number of ether oxygens (including phenoxy) is 3. The molecule has 1 aliphatic heterocycles. The van der Waals surface area contributed by atoms with Crippen molar-refractivity contribution in [1.29, 1.82) is 0 Å². The first-order chi connectivity index (χ1) is 8.58. The van der Waals surface area contributed by atoms with Crippen LogP contribution >= 0.6 is 12.4 Å². The number of carbonyl (C=O) groups is 2. The lowest BCUT2D eigenvalue weighted by atomic mass is 10.2. The van der Waals surface area contributed by atoms with Crippen LogP contribution in [0.4, 0.5) is 0 Å². The van der Waals surface area contributed by atoms with E-state index < -0.39 is 6.04 Å². The zero-order valence-corrected chi connectivity index (χ0v) is 12.0. The van der Waals surface area contributed by atoms with Gasteiger partial charge in [-0.15, -0.1) is 12.4 Å². The highest BCUT2D eigenvalue weighted by Gasteiger charge is 2.28. The zero-order chi connectivity index (χ0) is 13.5. The van der Waals surface area contributed by atoms with E-state index in [0.29, 0.717) is 19.7 Å². The van der Waals surface area contributed by atoms with Gasteiger partial charge in [-0.3, -0.25) is 9.59 Å². The first-order valence-corrected chi connectivity index (χ1v) is 5.80. The Morgan fingerprint density at radius 2 is 2.16 bits per heavy atom. The summed E-state index contributed by atoms with van der Waals surface area (Å²) in [5.41, 5.74) is 5.68. The zero-order valence-electron chi connectivity index (χ0n) is 11.2. The summed E-state index contributed by atoms with van der Waals surface area (Å²) in [6.07, 6.45) is -0.190. The van der Waals surface area contributed by atoms with Crippen molar-refractivity contribution in [3.63, 3.8) is 0 Å². The van der Waals surface area contributed by atoms with E-state index >= 15 is 0 Å². The smallest absolute Gasteiger partial charge is 0.308 e. The van der Waals surface area contributed by atoms with Crippen molar-refractivity contribution in [3.8, 4) is 0 Å². The van der Waals surface area contributed by atoms with Crippen LogP contribution < -0.4 is 5.73 Å². The van der Waals surface area contributed by atoms with Gasteiger partial charge in [-0.1, -0.05) is 0 Å². The molecule has 2 atom stereocenters. The summed E-state index contributed by atoms with van der Waals surface area (Å²) >= 11 is 0. The van der Waals surface area contributed by atoms with E-state index in [-0.39, 0.29) is 43.4 Å². The van der Waals surface area contributed by atoms with E-state index in [0.717, 1.165) is 0 Å². The lowest BCUT2D eigenvalue weighted by molar-refractivity contribution is -0.150. The first-order valence-electron chi connectivity index (χ1n) is 5.80.